The largest absolute Gasteiger partial charge is 0.354 e. The highest BCUT2D eigenvalue weighted by molar-refractivity contribution is 6.30. The summed E-state index contributed by atoms with van der Waals surface area (Å²) in [6.45, 7) is 5.54. The predicted molar refractivity (Wildman–Crippen MR) is 102 cm³/mol. The molecule has 25 heavy (non-hydrogen) atoms. The number of rotatable bonds is 6. The van der Waals surface area contributed by atoms with E-state index < -0.39 is 0 Å². The summed E-state index contributed by atoms with van der Waals surface area (Å²) < 4.78 is 0. The SMILES string of the molecule is CC[C@H](C)NC(=O)CC[C@H]1CCCN(C(=O)Nc2ccc(Cl)cc2)C1. The Labute approximate surface area is 155 Å². The fourth-order valence-electron chi connectivity index (χ4n) is 3.01. The number of nitrogens with one attached hydrogen (secondary N) is 2. The summed E-state index contributed by atoms with van der Waals surface area (Å²) in [4.78, 5) is 26.2. The summed E-state index contributed by atoms with van der Waals surface area (Å²) in [5, 5.41) is 6.55. The molecule has 1 saturated heterocycles. The number of hydrogen-bond donors (Lipinski definition) is 2. The number of carbonyl (C=O) groups excluding carboxylic acids is 2. The first-order valence-electron chi connectivity index (χ1n) is 9.08. The fourth-order valence-corrected chi connectivity index (χ4v) is 3.13. The predicted octanol–water partition coefficient (Wildman–Crippen LogP) is 4.28. The van der Waals surface area contributed by atoms with Gasteiger partial charge >= 0.3 is 6.03 Å². The van der Waals surface area contributed by atoms with Gasteiger partial charge in [0.1, 0.15) is 0 Å². The van der Waals surface area contributed by atoms with Gasteiger partial charge in [0.2, 0.25) is 5.91 Å². The molecule has 6 heteroatoms. The summed E-state index contributed by atoms with van der Waals surface area (Å²) in [7, 11) is 0. The first kappa shape index (κ1) is 19.6. The quantitative estimate of drug-likeness (QED) is 0.790. The zero-order valence-electron chi connectivity index (χ0n) is 15.1. The Bertz CT molecular complexity index is 577. The van der Waals surface area contributed by atoms with Crippen molar-refractivity contribution < 1.29 is 9.59 Å². The van der Waals surface area contributed by atoms with Crippen LogP contribution in [-0.2, 0) is 4.79 Å². The van der Waals surface area contributed by atoms with E-state index in [-0.39, 0.29) is 18.0 Å². The van der Waals surface area contributed by atoms with Crippen molar-refractivity contribution in [3.63, 3.8) is 0 Å². The minimum atomic E-state index is -0.0870. The Kier molecular flexibility index (Phi) is 7.56. The fraction of sp³-hybridized carbons (Fsp3) is 0.579. The molecule has 5 nitrogen and oxygen atoms in total. The van der Waals surface area contributed by atoms with Gasteiger partial charge in [0.15, 0.2) is 0 Å². The molecule has 0 aromatic heterocycles. The number of likely N-dealkylation sites (tertiary alicyclic amines) is 1. The van der Waals surface area contributed by atoms with Crippen molar-refractivity contribution in [1.82, 2.24) is 10.2 Å². The second kappa shape index (κ2) is 9.66. The van der Waals surface area contributed by atoms with E-state index in [4.69, 9.17) is 11.6 Å². The zero-order valence-corrected chi connectivity index (χ0v) is 15.8. The lowest BCUT2D eigenvalue weighted by Gasteiger charge is -2.32. The molecule has 1 aromatic rings. The lowest BCUT2D eigenvalue weighted by Crippen LogP contribution is -2.42. The molecule has 1 heterocycles. The second-order valence-corrected chi connectivity index (χ2v) is 7.24. The minimum Gasteiger partial charge on any atom is -0.354 e. The van der Waals surface area contributed by atoms with Crippen molar-refractivity contribution in [3.05, 3.63) is 29.3 Å². The van der Waals surface area contributed by atoms with E-state index in [0.717, 1.165) is 37.9 Å². The van der Waals surface area contributed by atoms with Crippen LogP contribution in [-0.4, -0.2) is 36.0 Å². The topological polar surface area (TPSA) is 61.4 Å². The lowest BCUT2D eigenvalue weighted by molar-refractivity contribution is -0.122. The minimum absolute atomic E-state index is 0.0870. The average molecular weight is 366 g/mol. The third-order valence-corrected chi connectivity index (χ3v) is 4.95. The first-order valence-corrected chi connectivity index (χ1v) is 9.46. The second-order valence-electron chi connectivity index (χ2n) is 6.81. The highest BCUT2D eigenvalue weighted by atomic mass is 35.5. The van der Waals surface area contributed by atoms with Crippen LogP contribution >= 0.6 is 11.6 Å². The van der Waals surface area contributed by atoms with E-state index in [1.165, 1.54) is 0 Å². The molecule has 0 unspecified atom stereocenters. The molecule has 1 fully saturated rings. The molecular formula is C19H28ClN3O2. The third kappa shape index (κ3) is 6.58. The number of nitrogens with zero attached hydrogens (tertiary/aromatic N) is 1. The number of anilines is 1. The highest BCUT2D eigenvalue weighted by Crippen LogP contribution is 2.22. The Morgan fingerprint density at radius 3 is 2.72 bits per heavy atom. The molecule has 0 spiro atoms. The summed E-state index contributed by atoms with van der Waals surface area (Å²) in [6, 6.07) is 7.23. The molecule has 138 valence electrons. The maximum Gasteiger partial charge on any atom is 0.321 e. The maximum atomic E-state index is 12.4. The van der Waals surface area contributed by atoms with E-state index in [2.05, 4.69) is 17.6 Å². The molecule has 2 N–H and O–H groups in total. The van der Waals surface area contributed by atoms with Crippen LogP contribution in [0.4, 0.5) is 10.5 Å². The molecule has 0 bridgehead atoms. The van der Waals surface area contributed by atoms with Crippen molar-refractivity contribution in [3.8, 4) is 0 Å². The van der Waals surface area contributed by atoms with Crippen molar-refractivity contribution in [2.24, 2.45) is 5.92 Å². The van der Waals surface area contributed by atoms with Gasteiger partial charge in [0, 0.05) is 36.3 Å². The van der Waals surface area contributed by atoms with Crippen molar-refractivity contribution in [2.75, 3.05) is 18.4 Å². The van der Waals surface area contributed by atoms with Crippen molar-refractivity contribution in [1.29, 1.82) is 0 Å². The smallest absolute Gasteiger partial charge is 0.321 e. The van der Waals surface area contributed by atoms with E-state index in [1.807, 2.05) is 11.8 Å². The van der Waals surface area contributed by atoms with Gasteiger partial charge in [0.25, 0.3) is 0 Å². The number of halogens is 1. The molecule has 1 aliphatic heterocycles. The van der Waals surface area contributed by atoms with Gasteiger partial charge in [-0.15, -0.1) is 0 Å². The van der Waals surface area contributed by atoms with E-state index >= 15 is 0 Å². The van der Waals surface area contributed by atoms with Gasteiger partial charge in [-0.1, -0.05) is 18.5 Å². The highest BCUT2D eigenvalue weighted by Gasteiger charge is 2.24. The Morgan fingerprint density at radius 1 is 1.32 bits per heavy atom. The van der Waals surface area contributed by atoms with Crippen LogP contribution in [0.2, 0.25) is 5.02 Å². The lowest BCUT2D eigenvalue weighted by atomic mass is 9.93. The number of urea groups is 1. The van der Waals surface area contributed by atoms with Gasteiger partial charge in [-0.25, -0.2) is 4.79 Å². The van der Waals surface area contributed by atoms with Crippen molar-refractivity contribution in [2.45, 2.75) is 52.0 Å². The van der Waals surface area contributed by atoms with Gasteiger partial charge in [-0.2, -0.15) is 0 Å². The number of benzene rings is 1. The molecular weight excluding hydrogens is 338 g/mol. The molecule has 0 aliphatic carbocycles. The monoisotopic (exact) mass is 365 g/mol. The number of amides is 3. The Balaban J connectivity index is 1.78. The molecule has 1 aliphatic rings. The van der Waals surface area contributed by atoms with Gasteiger partial charge in [0.05, 0.1) is 0 Å². The van der Waals surface area contributed by atoms with E-state index in [9.17, 15) is 9.59 Å². The molecule has 3 amide bonds. The van der Waals surface area contributed by atoms with Crippen LogP contribution in [0.25, 0.3) is 0 Å². The average Bonchev–Trinajstić information content (AvgIpc) is 2.62. The first-order chi connectivity index (χ1) is 12.0. The molecule has 2 rings (SSSR count). The standard InChI is InChI=1S/C19H28ClN3O2/c1-3-14(2)21-18(24)11-6-15-5-4-12-23(13-15)19(25)22-17-9-7-16(20)8-10-17/h7-10,14-15H,3-6,11-13H2,1-2H3,(H,21,24)(H,22,25)/t14-,15+/m0/s1. The van der Waals surface area contributed by atoms with Crippen LogP contribution in [0.3, 0.4) is 0 Å². The normalized spacial score (nSPS) is 18.5. The summed E-state index contributed by atoms with van der Waals surface area (Å²) in [5.74, 6) is 0.490. The number of piperidine rings is 1. The van der Waals surface area contributed by atoms with Gasteiger partial charge in [-0.05, 0) is 62.8 Å². The van der Waals surface area contributed by atoms with Crippen LogP contribution in [0, 0.1) is 5.92 Å². The Morgan fingerprint density at radius 2 is 2.04 bits per heavy atom. The maximum absolute atomic E-state index is 12.4. The molecule has 1 aromatic carbocycles. The summed E-state index contributed by atoms with van der Waals surface area (Å²) in [6.07, 6.45) is 4.34. The van der Waals surface area contributed by atoms with Crippen LogP contribution < -0.4 is 10.6 Å². The van der Waals surface area contributed by atoms with Gasteiger partial charge in [-0.3, -0.25) is 4.79 Å². The number of carbonyl (C=O) groups is 2. The van der Waals surface area contributed by atoms with Crippen LogP contribution in [0.15, 0.2) is 24.3 Å². The van der Waals surface area contributed by atoms with Crippen molar-refractivity contribution >= 4 is 29.2 Å². The van der Waals surface area contributed by atoms with Crippen LogP contribution in [0.1, 0.15) is 46.0 Å². The van der Waals surface area contributed by atoms with E-state index in [1.54, 1.807) is 24.3 Å². The molecule has 0 saturated carbocycles. The summed E-state index contributed by atoms with van der Waals surface area (Å²) in [5.41, 5.74) is 0.740. The molecule has 0 radical (unpaired) electrons. The third-order valence-electron chi connectivity index (χ3n) is 4.70. The van der Waals surface area contributed by atoms with Crippen LogP contribution in [0.5, 0.6) is 0 Å². The van der Waals surface area contributed by atoms with E-state index in [0.29, 0.717) is 23.9 Å². The van der Waals surface area contributed by atoms with Gasteiger partial charge < -0.3 is 15.5 Å². The Hall–Kier alpha value is -1.75. The zero-order chi connectivity index (χ0) is 18.2. The molecule has 2 atom stereocenters. The number of hydrogen-bond acceptors (Lipinski definition) is 2. The summed E-state index contributed by atoms with van der Waals surface area (Å²) >= 11 is 5.86.